The van der Waals surface area contributed by atoms with Crippen molar-refractivity contribution in [1.82, 2.24) is 19.4 Å². The monoisotopic (exact) mass is 515 g/mol. The predicted molar refractivity (Wildman–Crippen MR) is 145 cm³/mol. The van der Waals surface area contributed by atoms with Crippen LogP contribution in [0.25, 0.3) is 21.8 Å². The maximum Gasteiger partial charge on any atom is 0.290 e. The van der Waals surface area contributed by atoms with Gasteiger partial charge in [-0.15, -0.1) is 11.3 Å². The summed E-state index contributed by atoms with van der Waals surface area (Å²) in [6.45, 7) is 6.63. The molecule has 0 saturated carbocycles. The molecule has 0 saturated heterocycles. The van der Waals surface area contributed by atoms with Crippen molar-refractivity contribution in [3.8, 4) is 27.6 Å². The number of hydrogen-bond donors (Lipinski definition) is 1. The lowest BCUT2D eigenvalue weighted by Crippen LogP contribution is -2.43. The Labute approximate surface area is 219 Å². The molecular weight excluding hydrogens is 486 g/mol. The zero-order valence-corrected chi connectivity index (χ0v) is 22.3. The minimum Gasteiger partial charge on any atom is -0.495 e. The molecule has 1 N–H and O–H groups in total. The summed E-state index contributed by atoms with van der Waals surface area (Å²) in [5.74, 6) is 0.582. The molecule has 3 aromatic heterocycles. The average Bonchev–Trinajstić information content (AvgIpc) is 3.55. The van der Waals surface area contributed by atoms with E-state index in [2.05, 4.69) is 10.3 Å². The number of thiophene rings is 1. The molecule has 2 amide bonds. The molecule has 1 aromatic carbocycles. The standard InChI is InChI=1S/C28H29N5O3S/c1-28(2,3)32(4)27(35)25-31-23(22-9-7-13-37-22)24-19-15-20(30-26(34)18-8-6-11-29-16-18)21(36-5)14-17(19)10-12-33(24)25/h6-9,11,13-16H,10,12H2,1-5H3,(H,30,34). The van der Waals surface area contributed by atoms with Gasteiger partial charge in [0.1, 0.15) is 11.4 Å². The molecule has 4 aromatic rings. The predicted octanol–water partition coefficient (Wildman–Crippen LogP) is 5.36. The van der Waals surface area contributed by atoms with Crippen LogP contribution in [0.1, 0.15) is 47.3 Å². The third-order valence-corrected chi connectivity index (χ3v) is 7.56. The first-order chi connectivity index (χ1) is 17.7. The second kappa shape index (κ2) is 9.48. The molecule has 190 valence electrons. The van der Waals surface area contributed by atoms with Gasteiger partial charge in [0.2, 0.25) is 0 Å². The van der Waals surface area contributed by atoms with Crippen molar-refractivity contribution in [2.24, 2.45) is 0 Å². The number of amides is 2. The molecule has 0 atom stereocenters. The van der Waals surface area contributed by atoms with Gasteiger partial charge >= 0.3 is 0 Å². The SMILES string of the molecule is COc1cc2c(cc1NC(=O)c1cccnc1)-c1c(-c3cccs3)nc(C(=O)N(C)C(C)(C)C)n1CC2. The van der Waals surface area contributed by atoms with Crippen LogP contribution in [-0.2, 0) is 13.0 Å². The van der Waals surface area contributed by atoms with Crippen molar-refractivity contribution in [3.05, 3.63) is 71.1 Å². The Kier molecular flexibility index (Phi) is 6.33. The summed E-state index contributed by atoms with van der Waals surface area (Å²) in [6, 6.07) is 11.3. The van der Waals surface area contributed by atoms with Crippen molar-refractivity contribution in [3.63, 3.8) is 0 Å². The molecule has 0 unspecified atom stereocenters. The van der Waals surface area contributed by atoms with Crippen LogP contribution in [0.15, 0.2) is 54.2 Å². The quantitative estimate of drug-likeness (QED) is 0.386. The van der Waals surface area contributed by atoms with Gasteiger partial charge in [0.15, 0.2) is 5.82 Å². The molecule has 8 nitrogen and oxygen atoms in total. The third-order valence-electron chi connectivity index (χ3n) is 6.68. The molecule has 0 radical (unpaired) electrons. The molecule has 0 aliphatic carbocycles. The van der Waals surface area contributed by atoms with E-state index in [1.807, 2.05) is 62.0 Å². The van der Waals surface area contributed by atoms with Crippen molar-refractivity contribution in [1.29, 1.82) is 0 Å². The van der Waals surface area contributed by atoms with Crippen LogP contribution in [0.5, 0.6) is 5.75 Å². The molecule has 4 heterocycles. The van der Waals surface area contributed by atoms with Gasteiger partial charge in [-0.2, -0.15) is 0 Å². The molecule has 0 fully saturated rings. The van der Waals surface area contributed by atoms with Gasteiger partial charge in [0.25, 0.3) is 11.8 Å². The van der Waals surface area contributed by atoms with Gasteiger partial charge in [-0.05, 0) is 68.5 Å². The summed E-state index contributed by atoms with van der Waals surface area (Å²) in [4.78, 5) is 38.2. The Morgan fingerprint density at radius 1 is 1.19 bits per heavy atom. The fraction of sp³-hybridized carbons (Fsp3) is 0.286. The summed E-state index contributed by atoms with van der Waals surface area (Å²) >= 11 is 1.58. The van der Waals surface area contributed by atoms with E-state index in [1.54, 1.807) is 41.7 Å². The Bertz CT molecular complexity index is 1470. The van der Waals surface area contributed by atoms with E-state index in [1.165, 1.54) is 6.20 Å². The molecule has 5 rings (SSSR count). The summed E-state index contributed by atoms with van der Waals surface area (Å²) in [5, 5.41) is 4.98. The molecule has 9 heteroatoms. The first kappa shape index (κ1) is 24.7. The first-order valence-electron chi connectivity index (χ1n) is 12.0. The molecule has 37 heavy (non-hydrogen) atoms. The number of pyridine rings is 1. The van der Waals surface area contributed by atoms with Crippen molar-refractivity contribution >= 4 is 28.8 Å². The lowest BCUT2D eigenvalue weighted by molar-refractivity contribution is 0.0637. The zero-order chi connectivity index (χ0) is 26.3. The average molecular weight is 516 g/mol. The Morgan fingerprint density at radius 2 is 2.00 bits per heavy atom. The number of nitrogens with zero attached hydrogens (tertiary/aromatic N) is 4. The second-order valence-corrected chi connectivity index (χ2v) is 10.9. The Morgan fingerprint density at radius 3 is 2.65 bits per heavy atom. The number of nitrogens with one attached hydrogen (secondary N) is 1. The van der Waals surface area contributed by atoms with Crippen LogP contribution < -0.4 is 10.1 Å². The van der Waals surface area contributed by atoms with Gasteiger partial charge in [0, 0.05) is 37.1 Å². The van der Waals surface area contributed by atoms with Gasteiger partial charge < -0.3 is 19.5 Å². The number of aromatic nitrogens is 3. The minimum atomic E-state index is -0.351. The van der Waals surface area contributed by atoms with E-state index >= 15 is 0 Å². The maximum absolute atomic E-state index is 13.6. The summed E-state index contributed by atoms with van der Waals surface area (Å²) in [6.07, 6.45) is 3.85. The van der Waals surface area contributed by atoms with E-state index in [-0.39, 0.29) is 17.4 Å². The van der Waals surface area contributed by atoms with Gasteiger partial charge in [-0.3, -0.25) is 14.6 Å². The number of aryl methyl sites for hydroxylation is 1. The highest BCUT2D eigenvalue weighted by Gasteiger charge is 2.33. The minimum absolute atomic E-state index is 0.126. The van der Waals surface area contributed by atoms with Crippen LogP contribution in [0.4, 0.5) is 5.69 Å². The highest BCUT2D eigenvalue weighted by molar-refractivity contribution is 7.13. The van der Waals surface area contributed by atoms with Crippen LogP contribution >= 0.6 is 11.3 Å². The van der Waals surface area contributed by atoms with Crippen molar-refractivity contribution in [2.45, 2.75) is 39.3 Å². The highest BCUT2D eigenvalue weighted by Crippen LogP contribution is 2.43. The van der Waals surface area contributed by atoms with E-state index in [4.69, 9.17) is 9.72 Å². The number of carbonyl (C=O) groups excluding carboxylic acids is 2. The number of ether oxygens (including phenoxy) is 1. The molecule has 1 aliphatic rings. The molecule has 0 spiro atoms. The zero-order valence-electron chi connectivity index (χ0n) is 21.5. The van der Waals surface area contributed by atoms with Crippen molar-refractivity contribution in [2.75, 3.05) is 19.5 Å². The maximum atomic E-state index is 13.6. The number of carbonyl (C=O) groups is 2. The smallest absolute Gasteiger partial charge is 0.290 e. The van der Waals surface area contributed by atoms with E-state index in [0.717, 1.165) is 27.4 Å². The van der Waals surface area contributed by atoms with Gasteiger partial charge in [-0.1, -0.05) is 6.07 Å². The normalized spacial score (nSPS) is 12.5. The van der Waals surface area contributed by atoms with E-state index in [0.29, 0.717) is 35.8 Å². The number of benzene rings is 1. The van der Waals surface area contributed by atoms with Crippen LogP contribution in [0.3, 0.4) is 0 Å². The van der Waals surface area contributed by atoms with Gasteiger partial charge in [-0.25, -0.2) is 4.98 Å². The summed E-state index contributed by atoms with van der Waals surface area (Å²) < 4.78 is 7.65. The largest absolute Gasteiger partial charge is 0.495 e. The lowest BCUT2D eigenvalue weighted by Gasteiger charge is -2.32. The Hall–Kier alpha value is -3.98. The number of fused-ring (bicyclic) bond motifs is 3. The fourth-order valence-electron chi connectivity index (χ4n) is 4.39. The fourth-order valence-corrected chi connectivity index (χ4v) is 5.10. The van der Waals surface area contributed by atoms with Crippen LogP contribution in [0.2, 0.25) is 0 Å². The number of anilines is 1. The molecule has 1 aliphatic heterocycles. The van der Waals surface area contributed by atoms with Crippen LogP contribution in [-0.4, -0.2) is 50.9 Å². The topological polar surface area (TPSA) is 89.3 Å². The molecular formula is C28H29N5O3S. The second-order valence-electron chi connectivity index (χ2n) is 9.95. The van der Waals surface area contributed by atoms with Crippen LogP contribution in [0, 0.1) is 0 Å². The summed E-state index contributed by atoms with van der Waals surface area (Å²) in [7, 11) is 3.40. The summed E-state index contributed by atoms with van der Waals surface area (Å²) in [5.41, 5.74) is 4.26. The van der Waals surface area contributed by atoms with E-state index < -0.39 is 0 Å². The lowest BCUT2D eigenvalue weighted by atomic mass is 9.95. The van der Waals surface area contributed by atoms with E-state index in [9.17, 15) is 9.59 Å². The number of rotatable bonds is 5. The highest BCUT2D eigenvalue weighted by atomic mass is 32.1. The van der Waals surface area contributed by atoms with Gasteiger partial charge in [0.05, 0.1) is 28.9 Å². The first-order valence-corrected chi connectivity index (χ1v) is 12.9. The van der Waals surface area contributed by atoms with Crippen molar-refractivity contribution < 1.29 is 14.3 Å². The number of hydrogen-bond acceptors (Lipinski definition) is 6. The third kappa shape index (κ3) is 4.51. The Balaban J connectivity index is 1.66. The molecule has 0 bridgehead atoms. The number of methoxy groups -OCH3 is 1. The number of imidazole rings is 1.